The molecule has 10 heavy (non-hydrogen) atoms. The normalized spacial score (nSPS) is 33.3. The van der Waals surface area contributed by atoms with Gasteiger partial charge in [-0.15, -0.1) is 0 Å². The van der Waals surface area contributed by atoms with Crippen LogP contribution < -0.4 is 0 Å². The number of alkyl halides is 1. The molecule has 0 aromatic rings. The van der Waals surface area contributed by atoms with Gasteiger partial charge in [-0.2, -0.15) is 0 Å². The van der Waals surface area contributed by atoms with Gasteiger partial charge in [-0.05, 0) is 6.08 Å². The largest absolute Gasteiger partial charge is 0.449 e. The maximum absolute atomic E-state index is 5.85. The van der Waals surface area contributed by atoms with Gasteiger partial charge in [0.05, 0.1) is 6.26 Å². The first-order chi connectivity index (χ1) is 4.63. The number of rotatable bonds is 0. The van der Waals surface area contributed by atoms with Gasteiger partial charge in [-0.3, -0.25) is 4.52 Å². The van der Waals surface area contributed by atoms with Crippen molar-refractivity contribution in [2.24, 2.45) is 5.41 Å². The molecule has 4 heteroatoms. The van der Waals surface area contributed by atoms with E-state index in [-0.39, 0.29) is 11.0 Å². The Bertz CT molecular complexity index is 147. The van der Waals surface area contributed by atoms with Crippen LogP contribution in [0.2, 0.25) is 0 Å². The van der Waals surface area contributed by atoms with Crippen LogP contribution in [0.1, 0.15) is 13.8 Å². The van der Waals surface area contributed by atoms with E-state index in [1.165, 1.54) is 0 Å². The second kappa shape index (κ2) is 3.08. The molecule has 1 radical (unpaired) electrons. The predicted molar refractivity (Wildman–Crippen MR) is 41.7 cm³/mol. The van der Waals surface area contributed by atoms with Crippen LogP contribution in [0, 0.1) is 5.41 Å². The topological polar surface area (TPSA) is 18.5 Å². The minimum absolute atomic E-state index is 0.148. The Hall–Kier alpha value is 0.220. The fraction of sp³-hybridized carbons (Fsp3) is 0.667. The summed E-state index contributed by atoms with van der Waals surface area (Å²) < 4.78 is 9.96. The lowest BCUT2D eigenvalue weighted by Gasteiger charge is -2.22. The van der Waals surface area contributed by atoms with Crippen LogP contribution in [0.5, 0.6) is 0 Å². The molecule has 1 rings (SSSR count). The molecule has 0 bridgehead atoms. The summed E-state index contributed by atoms with van der Waals surface area (Å²) in [5.74, 6) is 0. The lowest BCUT2D eigenvalue weighted by atomic mass is 9.95. The quantitative estimate of drug-likeness (QED) is 0.421. The van der Waals surface area contributed by atoms with Gasteiger partial charge in [-0.1, -0.05) is 25.4 Å². The third-order valence-corrected chi connectivity index (χ3v) is 2.60. The fourth-order valence-corrected chi connectivity index (χ4v) is 1.18. The second-order valence-electron chi connectivity index (χ2n) is 2.73. The highest BCUT2D eigenvalue weighted by Gasteiger charge is 2.28. The summed E-state index contributed by atoms with van der Waals surface area (Å²) >= 11 is 5.85. The van der Waals surface area contributed by atoms with Gasteiger partial charge in [0.15, 0.2) is 0 Å². The summed E-state index contributed by atoms with van der Waals surface area (Å²) in [6.45, 7) is 3.98. The Morgan fingerprint density at radius 1 is 1.60 bits per heavy atom. The average molecular weight is 180 g/mol. The molecule has 1 aliphatic heterocycles. The van der Waals surface area contributed by atoms with Crippen LogP contribution in [0.25, 0.3) is 0 Å². The molecule has 0 amide bonds. The first kappa shape index (κ1) is 8.32. The molecule has 0 aromatic heterocycles. The highest BCUT2D eigenvalue weighted by molar-refractivity contribution is 7.26. The van der Waals surface area contributed by atoms with Gasteiger partial charge in [0.2, 0.25) is 0 Å². The molecular formula is C6H9ClO2P. The molecular weight excluding hydrogens is 170 g/mol. The standard InChI is InChI=1S/C6H9ClO2P/c1-6(2)3-4-8-10-9-5(6)7/h3-5H,1-2H3. The van der Waals surface area contributed by atoms with Crippen LogP contribution in [-0.2, 0) is 9.05 Å². The van der Waals surface area contributed by atoms with Crippen molar-refractivity contribution in [3.8, 4) is 0 Å². The summed E-state index contributed by atoms with van der Waals surface area (Å²) in [6.07, 6.45) is 3.51. The Labute approximate surface area is 67.5 Å². The summed E-state index contributed by atoms with van der Waals surface area (Å²) in [6, 6.07) is 0. The van der Waals surface area contributed by atoms with E-state index < -0.39 is 0 Å². The molecule has 2 nitrogen and oxygen atoms in total. The van der Waals surface area contributed by atoms with Gasteiger partial charge >= 0.3 is 9.03 Å². The zero-order valence-corrected chi connectivity index (χ0v) is 7.52. The molecule has 1 unspecified atom stereocenters. The van der Waals surface area contributed by atoms with Gasteiger partial charge in [0, 0.05) is 5.41 Å². The Morgan fingerprint density at radius 3 is 3.00 bits per heavy atom. The summed E-state index contributed by atoms with van der Waals surface area (Å²) in [7, 11) is 0.465. The number of hydrogen-bond donors (Lipinski definition) is 0. The van der Waals surface area contributed by atoms with Gasteiger partial charge in [-0.25, -0.2) is 0 Å². The van der Waals surface area contributed by atoms with E-state index in [4.69, 9.17) is 20.6 Å². The van der Waals surface area contributed by atoms with Crippen LogP contribution in [0.15, 0.2) is 12.3 Å². The molecule has 0 saturated heterocycles. The maximum Gasteiger partial charge on any atom is 0.330 e. The summed E-state index contributed by atoms with van der Waals surface area (Å²) in [4.78, 5) is 0. The molecule has 0 spiro atoms. The van der Waals surface area contributed by atoms with Crippen molar-refractivity contribution in [1.82, 2.24) is 0 Å². The van der Waals surface area contributed by atoms with Crippen LogP contribution >= 0.6 is 20.6 Å². The predicted octanol–water partition coefficient (Wildman–Crippen LogP) is 2.91. The van der Waals surface area contributed by atoms with E-state index in [0.29, 0.717) is 9.03 Å². The minimum atomic E-state index is -0.312. The van der Waals surface area contributed by atoms with E-state index >= 15 is 0 Å². The van der Waals surface area contributed by atoms with E-state index in [1.54, 1.807) is 6.26 Å². The average Bonchev–Trinajstić information content (AvgIpc) is 1.96. The van der Waals surface area contributed by atoms with Gasteiger partial charge < -0.3 is 4.52 Å². The molecule has 1 atom stereocenters. The zero-order valence-electron chi connectivity index (χ0n) is 5.87. The third kappa shape index (κ3) is 1.85. The molecule has 0 aromatic carbocycles. The van der Waals surface area contributed by atoms with E-state index in [0.717, 1.165) is 0 Å². The van der Waals surface area contributed by atoms with Gasteiger partial charge in [0.25, 0.3) is 0 Å². The Morgan fingerprint density at radius 2 is 2.30 bits per heavy atom. The van der Waals surface area contributed by atoms with Crippen LogP contribution in [0.3, 0.4) is 0 Å². The highest BCUT2D eigenvalue weighted by Crippen LogP contribution is 2.36. The van der Waals surface area contributed by atoms with E-state index in [9.17, 15) is 0 Å². The third-order valence-electron chi connectivity index (χ3n) is 1.32. The first-order valence-corrected chi connectivity index (χ1v) is 4.13. The Kier molecular flexibility index (Phi) is 2.56. The fourth-order valence-electron chi connectivity index (χ4n) is 0.505. The SMILES string of the molecule is CC1(C)C=CO[P]OC1Cl. The monoisotopic (exact) mass is 179 g/mol. The van der Waals surface area contributed by atoms with Crippen molar-refractivity contribution in [3.05, 3.63) is 12.3 Å². The van der Waals surface area contributed by atoms with Crippen molar-refractivity contribution >= 4 is 20.6 Å². The highest BCUT2D eigenvalue weighted by atomic mass is 35.5. The number of hydrogen-bond acceptors (Lipinski definition) is 2. The molecule has 0 aliphatic carbocycles. The van der Waals surface area contributed by atoms with Crippen LogP contribution in [-0.4, -0.2) is 5.56 Å². The van der Waals surface area contributed by atoms with Crippen molar-refractivity contribution in [2.75, 3.05) is 0 Å². The van der Waals surface area contributed by atoms with Crippen LogP contribution in [0.4, 0.5) is 0 Å². The summed E-state index contributed by atoms with van der Waals surface area (Å²) in [5.41, 5.74) is -0.460. The Balaban J connectivity index is 2.67. The first-order valence-electron chi connectivity index (χ1n) is 2.97. The summed E-state index contributed by atoms with van der Waals surface area (Å²) in [5, 5.41) is 0. The molecule has 57 valence electrons. The van der Waals surface area contributed by atoms with E-state index in [1.807, 2.05) is 19.9 Å². The van der Waals surface area contributed by atoms with Crippen molar-refractivity contribution in [1.29, 1.82) is 0 Å². The lowest BCUT2D eigenvalue weighted by Crippen LogP contribution is -2.21. The van der Waals surface area contributed by atoms with Crippen molar-refractivity contribution < 1.29 is 9.05 Å². The van der Waals surface area contributed by atoms with E-state index in [2.05, 4.69) is 0 Å². The molecule has 1 aliphatic rings. The van der Waals surface area contributed by atoms with Gasteiger partial charge in [0.1, 0.15) is 5.56 Å². The number of halogens is 1. The maximum atomic E-state index is 5.85. The molecule has 1 heterocycles. The van der Waals surface area contributed by atoms with Crippen molar-refractivity contribution in [2.45, 2.75) is 19.4 Å². The minimum Gasteiger partial charge on any atom is -0.449 e. The molecule has 0 N–H and O–H groups in total. The second-order valence-corrected chi connectivity index (χ2v) is 3.69. The zero-order chi connectivity index (χ0) is 7.61. The lowest BCUT2D eigenvalue weighted by molar-refractivity contribution is 0.199. The molecule has 0 fully saturated rings. The smallest absolute Gasteiger partial charge is 0.330 e. The molecule has 0 saturated carbocycles. The van der Waals surface area contributed by atoms with Crippen molar-refractivity contribution in [3.63, 3.8) is 0 Å².